The molecule has 2 aliphatic rings. The van der Waals surface area contributed by atoms with E-state index in [2.05, 4.69) is 0 Å². The molecule has 2 fully saturated rings. The van der Waals surface area contributed by atoms with Crippen LogP contribution in [0.2, 0.25) is 0 Å². The highest BCUT2D eigenvalue weighted by molar-refractivity contribution is 7.89. The van der Waals surface area contributed by atoms with Gasteiger partial charge in [-0.1, -0.05) is 24.3 Å². The Bertz CT molecular complexity index is 1630. The predicted octanol–water partition coefficient (Wildman–Crippen LogP) is 4.97. The summed E-state index contributed by atoms with van der Waals surface area (Å²) in [6.07, 6.45) is 1.61. The number of halogens is 5. The van der Waals surface area contributed by atoms with E-state index in [-0.39, 0.29) is 24.2 Å². The quantitative estimate of drug-likeness (QED) is 0.216. The molecule has 43 heavy (non-hydrogen) atoms. The molecule has 1 atom stereocenters. The summed E-state index contributed by atoms with van der Waals surface area (Å²) in [5.41, 5.74) is 1.84. The number of nitrogens with zero attached hydrogens (tertiary/aromatic N) is 2. The third kappa shape index (κ3) is 5.74. The summed E-state index contributed by atoms with van der Waals surface area (Å²) < 4.78 is 102. The Hall–Kier alpha value is -3.88. The summed E-state index contributed by atoms with van der Waals surface area (Å²) in [4.78, 5) is 24.3. The van der Waals surface area contributed by atoms with Gasteiger partial charge < -0.3 is 14.7 Å². The molecule has 0 aliphatic carbocycles. The van der Waals surface area contributed by atoms with Gasteiger partial charge in [0.1, 0.15) is 6.04 Å². The number of amides is 1. The Morgan fingerprint density at radius 3 is 1.91 bits per heavy atom. The first-order chi connectivity index (χ1) is 20.4. The van der Waals surface area contributed by atoms with Gasteiger partial charge in [-0.3, -0.25) is 4.79 Å². The van der Waals surface area contributed by atoms with E-state index in [1.54, 1.807) is 12.1 Å². The Kier molecular flexibility index (Phi) is 8.54. The second kappa shape index (κ2) is 12.0. The van der Waals surface area contributed by atoms with Crippen LogP contribution in [0.3, 0.4) is 0 Å². The number of ether oxygens (including phenoxy) is 1. The monoisotopic (exact) mass is 624 g/mol. The first-order valence-corrected chi connectivity index (χ1v) is 14.7. The van der Waals surface area contributed by atoms with E-state index >= 15 is 0 Å². The third-order valence-corrected chi connectivity index (χ3v) is 9.63. The van der Waals surface area contributed by atoms with Gasteiger partial charge in [-0.2, -0.15) is 4.31 Å². The van der Waals surface area contributed by atoms with E-state index in [0.717, 1.165) is 18.4 Å². The van der Waals surface area contributed by atoms with Crippen LogP contribution in [0.25, 0.3) is 0 Å². The molecule has 0 bridgehead atoms. The van der Waals surface area contributed by atoms with E-state index in [1.807, 2.05) is 12.1 Å². The minimum Gasteiger partial charge on any atom is -0.478 e. The van der Waals surface area contributed by atoms with Crippen molar-refractivity contribution in [1.29, 1.82) is 0 Å². The van der Waals surface area contributed by atoms with Crippen molar-refractivity contribution in [2.75, 3.05) is 24.7 Å². The van der Waals surface area contributed by atoms with Crippen molar-refractivity contribution in [1.82, 2.24) is 4.31 Å². The number of anilines is 1. The number of benzene rings is 3. The van der Waals surface area contributed by atoms with Crippen molar-refractivity contribution in [3.8, 4) is 0 Å². The Balaban J connectivity index is 1.46. The Morgan fingerprint density at radius 1 is 0.837 bits per heavy atom. The number of aromatic carboxylic acids is 1. The van der Waals surface area contributed by atoms with E-state index < -0.39 is 68.5 Å². The minimum atomic E-state index is -5.34. The predicted molar refractivity (Wildman–Crippen MR) is 142 cm³/mol. The molecule has 2 heterocycles. The zero-order chi connectivity index (χ0) is 31.1. The van der Waals surface area contributed by atoms with Gasteiger partial charge >= 0.3 is 5.97 Å². The molecule has 2 saturated heterocycles. The summed E-state index contributed by atoms with van der Waals surface area (Å²) in [7, 11) is -5.34. The highest BCUT2D eigenvalue weighted by atomic mass is 32.2. The number of sulfonamides is 1. The molecular weight excluding hydrogens is 599 g/mol. The number of carbonyl (C=O) groups excluding carboxylic acids is 1. The highest BCUT2D eigenvalue weighted by Crippen LogP contribution is 2.35. The molecule has 1 N–H and O–H groups in total. The molecule has 8 nitrogen and oxygen atoms in total. The van der Waals surface area contributed by atoms with Crippen molar-refractivity contribution in [3.63, 3.8) is 0 Å². The topological polar surface area (TPSA) is 104 Å². The molecule has 0 aromatic heterocycles. The van der Waals surface area contributed by atoms with Gasteiger partial charge in [-0.25, -0.2) is 35.2 Å². The molecule has 0 radical (unpaired) electrons. The second-order valence-corrected chi connectivity index (χ2v) is 12.1. The van der Waals surface area contributed by atoms with Crippen molar-refractivity contribution >= 4 is 27.6 Å². The van der Waals surface area contributed by atoms with E-state index in [9.17, 15) is 45.1 Å². The third-order valence-electron chi connectivity index (χ3n) is 7.70. The lowest BCUT2D eigenvalue weighted by Gasteiger charge is -2.41. The number of hydrogen-bond donors (Lipinski definition) is 1. The molecule has 5 rings (SSSR count). The lowest BCUT2D eigenvalue weighted by Crippen LogP contribution is -2.59. The Morgan fingerprint density at radius 2 is 1.40 bits per heavy atom. The van der Waals surface area contributed by atoms with Crippen LogP contribution in [0.1, 0.15) is 46.7 Å². The Labute approximate surface area is 243 Å². The lowest BCUT2D eigenvalue weighted by molar-refractivity contribution is -0.125. The molecule has 3 aromatic rings. The van der Waals surface area contributed by atoms with Crippen LogP contribution in [0.4, 0.5) is 27.6 Å². The zero-order valence-corrected chi connectivity index (χ0v) is 23.2. The van der Waals surface area contributed by atoms with Crippen LogP contribution in [0.15, 0.2) is 53.4 Å². The maximum atomic E-state index is 14.5. The summed E-state index contributed by atoms with van der Waals surface area (Å²) in [5, 5.41) is 9.26. The summed E-state index contributed by atoms with van der Waals surface area (Å²) in [6.45, 7) is 0.787. The van der Waals surface area contributed by atoms with Gasteiger partial charge in [-0.15, -0.1) is 0 Å². The number of carboxylic acid groups (broad SMARTS) is 1. The number of carbonyl (C=O) groups is 2. The fourth-order valence-corrected chi connectivity index (χ4v) is 6.94. The maximum Gasteiger partial charge on any atom is 0.335 e. The van der Waals surface area contributed by atoms with E-state index in [1.165, 1.54) is 29.2 Å². The van der Waals surface area contributed by atoms with Gasteiger partial charge in [0.15, 0.2) is 28.2 Å². The lowest BCUT2D eigenvalue weighted by atomic mass is 9.91. The number of hydrogen-bond acceptors (Lipinski definition) is 5. The van der Waals surface area contributed by atoms with Gasteiger partial charge in [0, 0.05) is 25.4 Å². The van der Waals surface area contributed by atoms with Crippen LogP contribution in [0, 0.1) is 29.1 Å². The first kappa shape index (κ1) is 30.6. The highest BCUT2D eigenvalue weighted by Gasteiger charge is 2.48. The summed E-state index contributed by atoms with van der Waals surface area (Å²) >= 11 is 0. The molecule has 0 unspecified atom stereocenters. The van der Waals surface area contributed by atoms with Crippen molar-refractivity contribution < 1.29 is 49.8 Å². The van der Waals surface area contributed by atoms with Crippen LogP contribution in [0.5, 0.6) is 0 Å². The van der Waals surface area contributed by atoms with Crippen LogP contribution >= 0.6 is 0 Å². The van der Waals surface area contributed by atoms with Crippen LogP contribution in [-0.4, -0.2) is 55.5 Å². The average molecular weight is 625 g/mol. The fourth-order valence-electron chi connectivity index (χ4n) is 5.20. The summed E-state index contributed by atoms with van der Waals surface area (Å²) in [6, 6.07) is 11.1. The molecule has 1 amide bonds. The minimum absolute atomic E-state index is 0.0730. The average Bonchev–Trinajstić information content (AvgIpc) is 2.97. The number of carboxylic acids is 1. The maximum absolute atomic E-state index is 14.5. The van der Waals surface area contributed by atoms with Crippen LogP contribution in [-0.2, 0) is 26.1 Å². The smallest absolute Gasteiger partial charge is 0.335 e. The molecule has 2 aliphatic heterocycles. The van der Waals surface area contributed by atoms with E-state index in [4.69, 9.17) is 4.74 Å². The molecule has 3 aromatic carbocycles. The normalized spacial score (nSPS) is 17.8. The molecule has 0 saturated carbocycles. The SMILES string of the molecule is O=C(O)c1ccc(N(Cc2ccc(C3CCOCC3)cc2)C(=O)[C@H]2CCN2S(=O)(=O)c2c(F)c(F)c(F)c(F)c2F)cc1. The number of rotatable bonds is 8. The first-order valence-electron chi connectivity index (χ1n) is 13.3. The fraction of sp³-hybridized carbons (Fsp3) is 0.310. The molecule has 0 spiro atoms. The van der Waals surface area contributed by atoms with Gasteiger partial charge in [-0.05, 0) is 60.6 Å². The van der Waals surface area contributed by atoms with E-state index in [0.29, 0.717) is 29.0 Å². The van der Waals surface area contributed by atoms with Crippen molar-refractivity contribution in [2.24, 2.45) is 0 Å². The van der Waals surface area contributed by atoms with Crippen LogP contribution < -0.4 is 4.90 Å². The molecule has 228 valence electrons. The standard InChI is InChI=1S/C29H25F5N2O6S/c30-22-23(31)25(33)27(26(34)24(22)32)43(40,41)36-12-9-21(36)28(37)35(20-7-5-19(6-8-20)29(38)39)15-16-1-3-17(4-2-16)18-10-13-42-14-11-18/h1-8,18,21H,9-15H2,(H,38,39)/t21-/m1/s1. The second-order valence-electron chi connectivity index (χ2n) is 10.2. The van der Waals surface area contributed by atoms with Gasteiger partial charge in [0.05, 0.1) is 12.1 Å². The van der Waals surface area contributed by atoms with Gasteiger partial charge in [0.2, 0.25) is 21.7 Å². The van der Waals surface area contributed by atoms with Gasteiger partial charge in [0.25, 0.3) is 0 Å². The molecule has 14 heteroatoms. The largest absolute Gasteiger partial charge is 0.478 e. The zero-order valence-electron chi connectivity index (χ0n) is 22.4. The van der Waals surface area contributed by atoms with Crippen molar-refractivity contribution in [2.45, 2.75) is 42.7 Å². The molecular formula is C29H25F5N2O6S. The van der Waals surface area contributed by atoms with Crippen molar-refractivity contribution in [3.05, 3.63) is 94.3 Å². The summed E-state index contributed by atoms with van der Waals surface area (Å²) in [5.74, 6) is -14.2.